The van der Waals surface area contributed by atoms with Crippen LogP contribution >= 0.6 is 0 Å². The minimum atomic E-state index is -0.486. The minimum absolute atomic E-state index is 0.136. The number of likely N-dealkylation sites (N-methyl/N-ethyl adjacent to an activating group) is 1. The second-order valence-electron chi connectivity index (χ2n) is 8.62. The third-order valence-corrected chi connectivity index (χ3v) is 6.02. The summed E-state index contributed by atoms with van der Waals surface area (Å²) >= 11 is 0. The lowest BCUT2D eigenvalue weighted by atomic mass is 10.2. The first-order valence-electron chi connectivity index (χ1n) is 12.6. The summed E-state index contributed by atoms with van der Waals surface area (Å²) in [4.78, 5) is 27.5. The third-order valence-electron chi connectivity index (χ3n) is 6.02. The van der Waals surface area contributed by atoms with Crippen LogP contribution in [0.3, 0.4) is 0 Å². The van der Waals surface area contributed by atoms with Crippen molar-refractivity contribution >= 4 is 34.1 Å². The van der Waals surface area contributed by atoms with Crippen LogP contribution in [-0.2, 0) is 0 Å². The molecule has 4 rings (SSSR count). The zero-order chi connectivity index (χ0) is 27.6. The molecule has 0 unspecified atom stereocenters. The van der Waals surface area contributed by atoms with Gasteiger partial charge in [-0.15, -0.1) is 0 Å². The van der Waals surface area contributed by atoms with E-state index >= 15 is 0 Å². The molecule has 204 valence electrons. The van der Waals surface area contributed by atoms with Crippen molar-refractivity contribution in [1.29, 1.82) is 0 Å². The second kappa shape index (κ2) is 13.4. The SMILES string of the molecule is CCN(CCO)CCCOc1cc2ncnc(Nc3ccc(NC(=O)c4cccc(F)c4)nc3)c2cc1OC. The minimum Gasteiger partial charge on any atom is -0.493 e. The maximum Gasteiger partial charge on any atom is 0.256 e. The molecule has 1 amide bonds. The highest BCUT2D eigenvalue weighted by Crippen LogP contribution is 2.34. The number of aliphatic hydroxyl groups is 1. The summed E-state index contributed by atoms with van der Waals surface area (Å²) in [5, 5.41) is 15.7. The summed E-state index contributed by atoms with van der Waals surface area (Å²) in [5.74, 6) is 1.06. The molecule has 0 fully saturated rings. The van der Waals surface area contributed by atoms with Crippen LogP contribution in [0.4, 0.5) is 21.7 Å². The predicted octanol–water partition coefficient (Wildman–Crippen LogP) is 4.25. The molecule has 0 atom stereocenters. The lowest BCUT2D eigenvalue weighted by molar-refractivity contribution is 0.102. The van der Waals surface area contributed by atoms with Gasteiger partial charge in [-0.1, -0.05) is 13.0 Å². The number of methoxy groups -OCH3 is 1. The van der Waals surface area contributed by atoms with E-state index in [0.29, 0.717) is 47.5 Å². The van der Waals surface area contributed by atoms with Crippen LogP contribution in [0.1, 0.15) is 23.7 Å². The Labute approximate surface area is 225 Å². The highest BCUT2D eigenvalue weighted by Gasteiger charge is 2.13. The Hall–Kier alpha value is -4.35. The van der Waals surface area contributed by atoms with Crippen LogP contribution in [0, 0.1) is 5.82 Å². The van der Waals surface area contributed by atoms with Crippen LogP contribution in [-0.4, -0.2) is 70.8 Å². The number of halogens is 1. The van der Waals surface area contributed by atoms with Gasteiger partial charge in [0.15, 0.2) is 11.5 Å². The summed E-state index contributed by atoms with van der Waals surface area (Å²) in [5.41, 5.74) is 1.51. The Morgan fingerprint density at radius 3 is 2.67 bits per heavy atom. The average molecular weight is 535 g/mol. The fraction of sp³-hybridized carbons (Fsp3) is 0.286. The number of amides is 1. The van der Waals surface area contributed by atoms with Crippen LogP contribution in [0.25, 0.3) is 10.9 Å². The Kier molecular flexibility index (Phi) is 9.54. The fourth-order valence-corrected chi connectivity index (χ4v) is 3.97. The van der Waals surface area contributed by atoms with E-state index < -0.39 is 11.7 Å². The number of aromatic nitrogens is 3. The third kappa shape index (κ3) is 7.37. The Morgan fingerprint density at radius 1 is 1.08 bits per heavy atom. The Bertz CT molecular complexity index is 1400. The number of nitrogens with one attached hydrogen (secondary N) is 2. The van der Waals surface area contributed by atoms with Gasteiger partial charge in [-0.2, -0.15) is 0 Å². The van der Waals surface area contributed by atoms with Crippen molar-refractivity contribution in [2.45, 2.75) is 13.3 Å². The summed E-state index contributed by atoms with van der Waals surface area (Å²) in [6.45, 7) is 5.03. The first-order chi connectivity index (χ1) is 19.0. The van der Waals surface area contributed by atoms with Crippen molar-refractivity contribution in [3.8, 4) is 11.5 Å². The van der Waals surface area contributed by atoms with Gasteiger partial charge in [0.05, 0.1) is 37.7 Å². The molecule has 39 heavy (non-hydrogen) atoms. The van der Waals surface area contributed by atoms with E-state index in [0.717, 1.165) is 31.0 Å². The molecule has 0 radical (unpaired) electrons. The van der Waals surface area contributed by atoms with E-state index in [2.05, 4.69) is 37.4 Å². The van der Waals surface area contributed by atoms with Crippen LogP contribution in [0.5, 0.6) is 11.5 Å². The number of hydrogen-bond donors (Lipinski definition) is 3. The smallest absolute Gasteiger partial charge is 0.256 e. The summed E-state index contributed by atoms with van der Waals surface area (Å²) in [6.07, 6.45) is 3.81. The van der Waals surface area contributed by atoms with Crippen molar-refractivity contribution in [3.05, 3.63) is 72.4 Å². The van der Waals surface area contributed by atoms with E-state index in [4.69, 9.17) is 14.6 Å². The van der Waals surface area contributed by atoms with Gasteiger partial charge in [-0.25, -0.2) is 19.3 Å². The molecule has 0 aliphatic rings. The van der Waals surface area contributed by atoms with Crippen LogP contribution < -0.4 is 20.1 Å². The molecular weight excluding hydrogens is 503 g/mol. The molecule has 0 saturated carbocycles. The zero-order valence-corrected chi connectivity index (χ0v) is 21.9. The second-order valence-corrected chi connectivity index (χ2v) is 8.62. The molecule has 10 nitrogen and oxygen atoms in total. The number of nitrogens with zero attached hydrogens (tertiary/aromatic N) is 4. The van der Waals surface area contributed by atoms with Gasteiger partial charge < -0.3 is 30.1 Å². The molecule has 11 heteroatoms. The summed E-state index contributed by atoms with van der Waals surface area (Å²) < 4.78 is 25.0. The number of hydrogen-bond acceptors (Lipinski definition) is 9. The van der Waals surface area contributed by atoms with Gasteiger partial charge in [0.25, 0.3) is 5.91 Å². The molecule has 4 aromatic rings. The van der Waals surface area contributed by atoms with E-state index in [1.807, 2.05) is 12.1 Å². The molecule has 2 aromatic heterocycles. The fourth-order valence-electron chi connectivity index (χ4n) is 3.97. The zero-order valence-electron chi connectivity index (χ0n) is 21.9. The lowest BCUT2D eigenvalue weighted by Gasteiger charge is -2.19. The van der Waals surface area contributed by atoms with Gasteiger partial charge in [0.1, 0.15) is 23.8 Å². The predicted molar refractivity (Wildman–Crippen MR) is 147 cm³/mol. The van der Waals surface area contributed by atoms with Gasteiger partial charge in [-0.05, 0) is 49.4 Å². The highest BCUT2D eigenvalue weighted by molar-refractivity contribution is 6.03. The number of rotatable bonds is 13. The summed E-state index contributed by atoms with van der Waals surface area (Å²) in [6, 6.07) is 12.4. The topological polar surface area (TPSA) is 122 Å². The monoisotopic (exact) mass is 534 g/mol. The van der Waals surface area contributed by atoms with Crippen molar-refractivity contribution in [3.63, 3.8) is 0 Å². The largest absolute Gasteiger partial charge is 0.493 e. The van der Waals surface area contributed by atoms with E-state index in [9.17, 15) is 9.18 Å². The molecule has 0 aliphatic carbocycles. The van der Waals surface area contributed by atoms with Crippen molar-refractivity contribution in [2.75, 3.05) is 50.6 Å². The van der Waals surface area contributed by atoms with Crippen molar-refractivity contribution in [1.82, 2.24) is 19.9 Å². The molecule has 3 N–H and O–H groups in total. The Morgan fingerprint density at radius 2 is 1.95 bits per heavy atom. The van der Waals surface area contributed by atoms with Crippen LogP contribution in [0.15, 0.2) is 61.1 Å². The lowest BCUT2D eigenvalue weighted by Crippen LogP contribution is -2.28. The Balaban J connectivity index is 1.43. The quantitative estimate of drug-likeness (QED) is 0.216. The van der Waals surface area contributed by atoms with Gasteiger partial charge in [0, 0.05) is 30.1 Å². The number of benzene rings is 2. The van der Waals surface area contributed by atoms with E-state index in [1.54, 1.807) is 25.4 Å². The number of carbonyl (C=O) groups is 1. The summed E-state index contributed by atoms with van der Waals surface area (Å²) in [7, 11) is 1.58. The first kappa shape index (κ1) is 27.7. The van der Waals surface area contributed by atoms with Gasteiger partial charge in [-0.3, -0.25) is 4.79 Å². The molecule has 0 aliphatic heterocycles. The molecule has 0 saturated heterocycles. The van der Waals surface area contributed by atoms with Gasteiger partial charge in [0.2, 0.25) is 0 Å². The van der Waals surface area contributed by atoms with E-state index in [-0.39, 0.29) is 12.2 Å². The van der Waals surface area contributed by atoms with Crippen molar-refractivity contribution in [2.24, 2.45) is 0 Å². The maximum atomic E-state index is 13.4. The average Bonchev–Trinajstić information content (AvgIpc) is 2.95. The maximum absolute atomic E-state index is 13.4. The van der Waals surface area contributed by atoms with E-state index in [1.165, 1.54) is 24.5 Å². The standard InChI is InChI=1S/C28H31FN6O4/c1-3-35(11-12-36)10-5-13-39-25-16-23-22(15-24(25)38-2)27(32-18-31-23)33-21-8-9-26(30-17-21)34-28(37)19-6-4-7-20(29)14-19/h4,6-9,14-18,36H,3,5,10-13H2,1-2H3,(H,30,34,37)(H,31,32,33). The molecule has 0 bridgehead atoms. The van der Waals surface area contributed by atoms with Gasteiger partial charge >= 0.3 is 0 Å². The number of ether oxygens (including phenoxy) is 2. The van der Waals surface area contributed by atoms with Crippen molar-refractivity contribution < 1.29 is 23.8 Å². The number of carbonyl (C=O) groups excluding carboxylic acids is 1. The highest BCUT2D eigenvalue weighted by atomic mass is 19.1. The number of pyridine rings is 1. The molecular formula is C28H31FN6O4. The molecule has 2 heterocycles. The number of anilines is 3. The number of aliphatic hydroxyl groups excluding tert-OH is 1. The first-order valence-corrected chi connectivity index (χ1v) is 12.6. The molecule has 0 spiro atoms. The molecule has 2 aromatic carbocycles. The normalized spacial score (nSPS) is 11.0. The van der Waals surface area contributed by atoms with Crippen LogP contribution in [0.2, 0.25) is 0 Å². The number of fused-ring (bicyclic) bond motifs is 1.